The Hall–Kier alpha value is -6.40. The van der Waals surface area contributed by atoms with Crippen molar-refractivity contribution >= 4 is 11.9 Å². The molecule has 0 spiro atoms. The van der Waals surface area contributed by atoms with Crippen LogP contribution >= 0.6 is 0 Å². The van der Waals surface area contributed by atoms with Gasteiger partial charge in [-0.2, -0.15) is 8.78 Å². The number of ether oxygens (including phenoxy) is 12. The van der Waals surface area contributed by atoms with Gasteiger partial charge in [-0.3, -0.25) is 4.79 Å². The van der Waals surface area contributed by atoms with Gasteiger partial charge in [-0.15, -0.1) is 0 Å². The summed E-state index contributed by atoms with van der Waals surface area (Å²) in [6.45, 7) is 1.94. The normalized spacial score (nSPS) is 19.3. The van der Waals surface area contributed by atoms with Crippen molar-refractivity contribution in [1.29, 1.82) is 0 Å². The zero-order chi connectivity index (χ0) is 51.7. The zero-order valence-electron chi connectivity index (χ0n) is 43.1. The van der Waals surface area contributed by atoms with Gasteiger partial charge in [-0.1, -0.05) is 0 Å². The Balaban J connectivity index is 1.09. The van der Waals surface area contributed by atoms with E-state index in [-0.39, 0.29) is 31.7 Å². The number of halogens is 2. The van der Waals surface area contributed by atoms with Gasteiger partial charge >= 0.3 is 17.9 Å². The average molecular weight is 997 g/mol. The molecule has 0 bridgehead atoms. The van der Waals surface area contributed by atoms with Gasteiger partial charge in [-0.05, 0) is 65.2 Å². The van der Waals surface area contributed by atoms with E-state index < -0.39 is 24.3 Å². The molecule has 4 aromatic rings. The molecular weight excluding hydrogens is 927 g/mol. The van der Waals surface area contributed by atoms with Crippen LogP contribution in [-0.2, 0) is 38.3 Å². The molecule has 4 aromatic carbocycles. The van der Waals surface area contributed by atoms with Crippen LogP contribution in [0, 0.1) is 0 Å². The average Bonchev–Trinajstić information content (AvgIpc) is 3.37. The molecule has 0 N–H and O–H groups in total. The number of nitrogens with zero attached hydrogens (tertiary/aromatic N) is 2. The SMILES string of the molecule is COc1cc2c(cc1OC)[C@H](c1cc(OC)c(OC)c(OC)c1)[N@@+](C)(CCCOC(=O)C(F)(F)CC(=O)OCCC[N@+]1(C)CCc3cc(OC)c(OC)cc3[C@H]1Cc1cc(OC)c(OC)c(OC)c1)CC2. The van der Waals surface area contributed by atoms with E-state index in [9.17, 15) is 9.59 Å². The number of fused-ring (bicyclic) bond motifs is 2. The third-order valence-corrected chi connectivity index (χ3v) is 14.0. The van der Waals surface area contributed by atoms with E-state index in [1.54, 1.807) is 64.0 Å². The van der Waals surface area contributed by atoms with Crippen LogP contribution in [0.5, 0.6) is 57.5 Å². The van der Waals surface area contributed by atoms with Crippen LogP contribution in [0.1, 0.15) is 64.7 Å². The highest BCUT2D eigenvalue weighted by Gasteiger charge is 2.46. The van der Waals surface area contributed by atoms with E-state index in [0.29, 0.717) is 105 Å². The lowest BCUT2D eigenvalue weighted by atomic mass is 9.85. The number of hydrogen-bond donors (Lipinski definition) is 0. The number of rotatable bonds is 24. The summed E-state index contributed by atoms with van der Waals surface area (Å²) in [4.78, 5) is 25.8. The van der Waals surface area contributed by atoms with E-state index in [1.807, 2.05) is 48.5 Å². The number of quaternary nitrogens is 2. The van der Waals surface area contributed by atoms with Gasteiger partial charge in [0.1, 0.15) is 18.5 Å². The van der Waals surface area contributed by atoms with E-state index in [4.69, 9.17) is 56.8 Å². The van der Waals surface area contributed by atoms with Crippen molar-refractivity contribution in [3.8, 4) is 57.5 Å². The third kappa shape index (κ3) is 11.5. The minimum Gasteiger partial charge on any atom is -0.493 e. The highest BCUT2D eigenvalue weighted by atomic mass is 19.3. The molecule has 18 heteroatoms. The Kier molecular flexibility index (Phi) is 17.6. The van der Waals surface area contributed by atoms with Crippen molar-refractivity contribution < 1.29 is 84.2 Å². The first kappa shape index (κ1) is 53.9. The fraction of sp³-hybridized carbons (Fsp3) is 0.509. The first-order valence-electron chi connectivity index (χ1n) is 23.5. The second-order valence-corrected chi connectivity index (χ2v) is 18.2. The van der Waals surface area contributed by atoms with Crippen LogP contribution in [0.3, 0.4) is 0 Å². The van der Waals surface area contributed by atoms with Crippen LogP contribution < -0.4 is 47.4 Å². The quantitative estimate of drug-likeness (QED) is 0.0383. The number of methoxy groups -OCH3 is 10. The molecule has 2 aliphatic heterocycles. The van der Waals surface area contributed by atoms with Crippen LogP contribution in [0.4, 0.5) is 8.78 Å². The molecule has 0 amide bonds. The molecule has 16 nitrogen and oxygen atoms in total. The molecule has 2 heterocycles. The summed E-state index contributed by atoms with van der Waals surface area (Å²) in [6, 6.07) is 15.2. The lowest BCUT2D eigenvalue weighted by molar-refractivity contribution is -0.941. The van der Waals surface area contributed by atoms with Gasteiger partial charge in [0, 0.05) is 48.8 Å². The molecular formula is C53H70F2N2O14+2. The standard InChI is InChI=1S/C53H70F2N2O14/c1-56(19-15-34-26-40(60-3)42(62-5)30-37(34)39(56)23-33-24-44(64-7)50(68-11)45(25-33)65-8)17-13-21-70-48(58)32-53(54,55)52(59)71-22-14-18-57(2)20-16-35-27-41(61-4)43(63-6)31-38(35)49(57)36-28-46(66-9)51(69-12)47(29-36)67-10/h24-31,39,49H,13-23,32H2,1-12H3/q+2/t39-,49+,56-,57+/m1/s1. The maximum absolute atomic E-state index is 15.4. The summed E-state index contributed by atoms with van der Waals surface area (Å²) in [6.07, 6.45) is 1.14. The molecule has 0 saturated carbocycles. The fourth-order valence-corrected chi connectivity index (χ4v) is 10.3. The summed E-state index contributed by atoms with van der Waals surface area (Å²) in [5.41, 5.74) is 6.01. The highest BCUT2D eigenvalue weighted by molar-refractivity contribution is 5.84. The Morgan fingerprint density at radius 2 is 0.958 bits per heavy atom. The van der Waals surface area contributed by atoms with E-state index in [1.165, 1.54) is 7.11 Å². The smallest absolute Gasteiger partial charge is 0.377 e. The van der Waals surface area contributed by atoms with Gasteiger partial charge in [0.05, 0.1) is 125 Å². The summed E-state index contributed by atoms with van der Waals surface area (Å²) in [7, 11) is 19.9. The first-order valence-corrected chi connectivity index (χ1v) is 23.5. The monoisotopic (exact) mass is 996 g/mol. The van der Waals surface area contributed by atoms with Gasteiger partial charge in [0.2, 0.25) is 11.5 Å². The van der Waals surface area contributed by atoms with Crippen LogP contribution in [0.2, 0.25) is 0 Å². The van der Waals surface area contributed by atoms with Crippen LogP contribution in [0.25, 0.3) is 0 Å². The number of benzene rings is 4. The summed E-state index contributed by atoms with van der Waals surface area (Å²) in [5, 5.41) is 0. The molecule has 2 aliphatic rings. The Morgan fingerprint density at radius 1 is 0.535 bits per heavy atom. The summed E-state index contributed by atoms with van der Waals surface area (Å²) >= 11 is 0. The Morgan fingerprint density at radius 3 is 1.45 bits per heavy atom. The number of likely N-dealkylation sites (N-methyl/N-ethyl adjacent to an activating group) is 2. The van der Waals surface area contributed by atoms with E-state index >= 15 is 8.78 Å². The minimum absolute atomic E-state index is 0.112. The van der Waals surface area contributed by atoms with Crippen LogP contribution in [0.15, 0.2) is 48.5 Å². The topological polar surface area (TPSA) is 145 Å². The number of alkyl halides is 2. The molecule has 0 aliphatic carbocycles. The molecule has 0 saturated heterocycles. The van der Waals surface area contributed by atoms with Gasteiger partial charge in [-0.25, -0.2) is 4.79 Å². The molecule has 0 aromatic heterocycles. The van der Waals surface area contributed by atoms with Crippen molar-refractivity contribution in [2.75, 3.05) is 125 Å². The third-order valence-electron chi connectivity index (χ3n) is 14.0. The lowest BCUT2D eigenvalue weighted by Crippen LogP contribution is -2.52. The number of carbonyl (C=O) groups is 2. The highest BCUT2D eigenvalue weighted by Crippen LogP contribution is 2.49. The second-order valence-electron chi connectivity index (χ2n) is 18.2. The predicted molar refractivity (Wildman–Crippen MR) is 260 cm³/mol. The molecule has 0 unspecified atom stereocenters. The summed E-state index contributed by atoms with van der Waals surface area (Å²) in [5.74, 6) is -1.79. The summed E-state index contributed by atoms with van der Waals surface area (Å²) < 4.78 is 98.8. The number of hydrogen-bond acceptors (Lipinski definition) is 14. The zero-order valence-corrected chi connectivity index (χ0v) is 43.1. The van der Waals surface area contributed by atoms with Gasteiger partial charge in [0.25, 0.3) is 0 Å². The maximum Gasteiger partial charge on any atom is 0.377 e. The minimum atomic E-state index is -4.10. The molecule has 71 heavy (non-hydrogen) atoms. The molecule has 388 valence electrons. The molecule has 6 rings (SSSR count). The van der Waals surface area contributed by atoms with Crippen molar-refractivity contribution in [3.05, 3.63) is 81.9 Å². The second kappa shape index (κ2) is 23.2. The van der Waals surface area contributed by atoms with Crippen molar-refractivity contribution in [2.24, 2.45) is 0 Å². The van der Waals surface area contributed by atoms with Crippen molar-refractivity contribution in [3.63, 3.8) is 0 Å². The van der Waals surface area contributed by atoms with Crippen molar-refractivity contribution in [2.45, 2.75) is 56.5 Å². The van der Waals surface area contributed by atoms with Crippen molar-refractivity contribution in [1.82, 2.24) is 0 Å². The molecule has 4 atom stereocenters. The van der Waals surface area contributed by atoms with E-state index in [0.717, 1.165) is 46.3 Å². The van der Waals surface area contributed by atoms with E-state index in [2.05, 4.69) is 14.1 Å². The molecule has 0 fully saturated rings. The Labute approximate surface area is 415 Å². The largest absolute Gasteiger partial charge is 0.493 e. The lowest BCUT2D eigenvalue weighted by Gasteiger charge is -2.46. The van der Waals surface area contributed by atoms with Gasteiger partial charge in [0.15, 0.2) is 46.0 Å². The number of esters is 2. The van der Waals surface area contributed by atoms with Gasteiger partial charge < -0.3 is 65.8 Å². The molecule has 0 radical (unpaired) electrons. The van der Waals surface area contributed by atoms with Crippen LogP contribution in [-0.4, -0.2) is 151 Å². The number of carbonyl (C=O) groups excluding carboxylic acids is 2. The fourth-order valence-electron chi connectivity index (χ4n) is 10.3. The first-order chi connectivity index (χ1) is 34.0. The Bertz CT molecular complexity index is 2470. The predicted octanol–water partition coefficient (Wildman–Crippen LogP) is 7.74. The maximum atomic E-state index is 15.4.